The number of halogens is 2. The lowest BCUT2D eigenvalue weighted by molar-refractivity contribution is 0.533. The minimum absolute atomic E-state index is 0.211. The summed E-state index contributed by atoms with van der Waals surface area (Å²) < 4.78 is 13.4. The van der Waals surface area contributed by atoms with E-state index in [4.69, 9.17) is 0 Å². The summed E-state index contributed by atoms with van der Waals surface area (Å²) in [6.45, 7) is 5.06. The van der Waals surface area contributed by atoms with E-state index in [2.05, 4.69) is 35.1 Å². The molecule has 1 N–H and O–H groups in total. The summed E-state index contributed by atoms with van der Waals surface area (Å²) in [4.78, 5) is 0. The highest BCUT2D eigenvalue weighted by molar-refractivity contribution is 9.10. The molecule has 0 aliphatic rings. The molecule has 0 aliphatic carbocycles. The Balaban J connectivity index is 2.55. The van der Waals surface area contributed by atoms with Gasteiger partial charge in [0.2, 0.25) is 0 Å². The highest BCUT2D eigenvalue weighted by atomic mass is 79.9. The molecule has 0 fully saturated rings. The van der Waals surface area contributed by atoms with Gasteiger partial charge in [0, 0.05) is 12.6 Å². The first kappa shape index (κ1) is 11.7. The van der Waals surface area contributed by atoms with Crippen LogP contribution in [0.2, 0.25) is 0 Å². The zero-order valence-electron chi connectivity index (χ0n) is 8.48. The summed E-state index contributed by atoms with van der Waals surface area (Å²) in [7, 11) is 0. The normalized spacial score (nSPS) is 12.9. The monoisotopic (exact) mass is 259 g/mol. The lowest BCUT2D eigenvalue weighted by Crippen LogP contribution is -2.24. The highest BCUT2D eigenvalue weighted by Gasteiger charge is 2.01. The van der Waals surface area contributed by atoms with E-state index in [9.17, 15) is 4.39 Å². The third-order valence-electron chi connectivity index (χ3n) is 2.25. The quantitative estimate of drug-likeness (QED) is 0.873. The van der Waals surface area contributed by atoms with Crippen LogP contribution in [0.1, 0.15) is 25.8 Å². The van der Waals surface area contributed by atoms with E-state index >= 15 is 0 Å². The fourth-order valence-corrected chi connectivity index (χ4v) is 1.51. The van der Waals surface area contributed by atoms with Crippen LogP contribution in [0.25, 0.3) is 0 Å². The fourth-order valence-electron chi connectivity index (χ4n) is 1.09. The molecule has 0 radical (unpaired) electrons. The first-order valence-corrected chi connectivity index (χ1v) is 5.60. The fraction of sp³-hybridized carbons (Fsp3) is 0.455. The van der Waals surface area contributed by atoms with Crippen molar-refractivity contribution in [3.8, 4) is 0 Å². The van der Waals surface area contributed by atoms with Crippen LogP contribution in [0.3, 0.4) is 0 Å². The minimum atomic E-state index is -0.211. The van der Waals surface area contributed by atoms with E-state index < -0.39 is 0 Å². The van der Waals surface area contributed by atoms with Gasteiger partial charge >= 0.3 is 0 Å². The van der Waals surface area contributed by atoms with Crippen molar-refractivity contribution in [1.82, 2.24) is 5.32 Å². The average molecular weight is 260 g/mol. The van der Waals surface area contributed by atoms with E-state index in [1.54, 1.807) is 6.07 Å². The number of rotatable bonds is 4. The largest absolute Gasteiger partial charge is 0.310 e. The van der Waals surface area contributed by atoms with Crippen molar-refractivity contribution in [3.05, 3.63) is 34.1 Å². The topological polar surface area (TPSA) is 12.0 Å². The molecular weight excluding hydrogens is 245 g/mol. The first-order valence-electron chi connectivity index (χ1n) is 4.80. The van der Waals surface area contributed by atoms with Crippen LogP contribution < -0.4 is 5.32 Å². The lowest BCUT2D eigenvalue weighted by Gasteiger charge is -2.11. The number of hydrogen-bond donors (Lipinski definition) is 1. The second-order valence-electron chi connectivity index (χ2n) is 3.44. The second-order valence-corrected chi connectivity index (χ2v) is 4.29. The Bertz CT molecular complexity index is 301. The molecule has 1 atom stereocenters. The Morgan fingerprint density at radius 3 is 2.79 bits per heavy atom. The van der Waals surface area contributed by atoms with Crippen LogP contribution in [-0.2, 0) is 6.54 Å². The SMILES string of the molecule is CC[C@H](C)NCc1ccc(F)c(Br)c1. The van der Waals surface area contributed by atoms with Gasteiger partial charge in [-0.3, -0.25) is 0 Å². The molecule has 14 heavy (non-hydrogen) atoms. The van der Waals surface area contributed by atoms with Crippen molar-refractivity contribution >= 4 is 15.9 Å². The minimum Gasteiger partial charge on any atom is -0.310 e. The zero-order chi connectivity index (χ0) is 10.6. The van der Waals surface area contributed by atoms with E-state index in [1.807, 2.05) is 6.07 Å². The molecule has 0 saturated heterocycles. The third kappa shape index (κ3) is 3.39. The van der Waals surface area contributed by atoms with E-state index in [-0.39, 0.29) is 5.82 Å². The van der Waals surface area contributed by atoms with Gasteiger partial charge in [0.05, 0.1) is 4.47 Å². The van der Waals surface area contributed by atoms with Crippen LogP contribution in [0.5, 0.6) is 0 Å². The first-order chi connectivity index (χ1) is 6.63. The molecule has 78 valence electrons. The molecule has 3 heteroatoms. The Morgan fingerprint density at radius 2 is 2.21 bits per heavy atom. The van der Waals surface area contributed by atoms with Gasteiger partial charge in [-0.25, -0.2) is 4.39 Å². The predicted octanol–water partition coefficient (Wildman–Crippen LogP) is 3.48. The third-order valence-corrected chi connectivity index (χ3v) is 2.86. The van der Waals surface area contributed by atoms with Crippen molar-refractivity contribution in [1.29, 1.82) is 0 Å². The maximum atomic E-state index is 12.9. The molecule has 1 aromatic carbocycles. The Labute approximate surface area is 92.8 Å². The van der Waals surface area contributed by atoms with Crippen molar-refractivity contribution in [2.45, 2.75) is 32.9 Å². The van der Waals surface area contributed by atoms with Crippen molar-refractivity contribution in [2.75, 3.05) is 0 Å². The summed E-state index contributed by atoms with van der Waals surface area (Å²) in [5.41, 5.74) is 1.10. The molecule has 0 unspecified atom stereocenters. The molecule has 1 nitrogen and oxygen atoms in total. The smallest absolute Gasteiger partial charge is 0.137 e. The predicted molar refractivity (Wildman–Crippen MR) is 60.7 cm³/mol. The van der Waals surface area contributed by atoms with Gasteiger partial charge in [-0.1, -0.05) is 13.0 Å². The van der Waals surface area contributed by atoms with Crippen molar-refractivity contribution in [2.24, 2.45) is 0 Å². The van der Waals surface area contributed by atoms with E-state index in [1.165, 1.54) is 6.07 Å². The summed E-state index contributed by atoms with van der Waals surface area (Å²) in [6.07, 6.45) is 1.10. The van der Waals surface area contributed by atoms with Gasteiger partial charge in [0.15, 0.2) is 0 Å². The van der Waals surface area contributed by atoms with Crippen LogP contribution in [0, 0.1) is 5.82 Å². The van der Waals surface area contributed by atoms with Crippen LogP contribution >= 0.6 is 15.9 Å². The molecule has 1 rings (SSSR count). The van der Waals surface area contributed by atoms with Gasteiger partial charge in [-0.2, -0.15) is 0 Å². The average Bonchev–Trinajstić information content (AvgIpc) is 2.19. The summed E-state index contributed by atoms with van der Waals surface area (Å²) >= 11 is 3.17. The Kier molecular flexibility index (Phi) is 4.55. The number of nitrogens with one attached hydrogen (secondary N) is 1. The molecule has 1 aromatic rings. The molecule has 0 aliphatic heterocycles. The van der Waals surface area contributed by atoms with Gasteiger partial charge in [-0.15, -0.1) is 0 Å². The second kappa shape index (κ2) is 5.47. The molecule has 0 bridgehead atoms. The van der Waals surface area contributed by atoms with Gasteiger partial charge in [0.1, 0.15) is 5.82 Å². The summed E-state index contributed by atoms with van der Waals surface area (Å²) in [6, 6.07) is 5.59. The number of hydrogen-bond acceptors (Lipinski definition) is 1. The zero-order valence-corrected chi connectivity index (χ0v) is 10.1. The standard InChI is InChI=1S/C11H15BrFN/c1-3-8(2)14-7-9-4-5-11(13)10(12)6-9/h4-6,8,14H,3,7H2,1-2H3/t8-/m0/s1. The van der Waals surface area contributed by atoms with Crippen LogP contribution in [-0.4, -0.2) is 6.04 Å². The molecule has 0 heterocycles. The molecule has 0 saturated carbocycles. The molecule has 0 amide bonds. The highest BCUT2D eigenvalue weighted by Crippen LogP contribution is 2.16. The summed E-state index contributed by atoms with van der Waals surface area (Å²) in [5.74, 6) is -0.211. The maximum absolute atomic E-state index is 12.9. The van der Waals surface area contributed by atoms with Gasteiger partial charge in [-0.05, 0) is 47.0 Å². The Hall–Kier alpha value is -0.410. The van der Waals surface area contributed by atoms with Crippen LogP contribution in [0.4, 0.5) is 4.39 Å². The molecular formula is C11H15BrFN. The molecule has 0 aromatic heterocycles. The van der Waals surface area contributed by atoms with Gasteiger partial charge < -0.3 is 5.32 Å². The van der Waals surface area contributed by atoms with Crippen molar-refractivity contribution < 1.29 is 4.39 Å². The van der Waals surface area contributed by atoms with E-state index in [0.717, 1.165) is 18.5 Å². The molecule has 0 spiro atoms. The van der Waals surface area contributed by atoms with Crippen LogP contribution in [0.15, 0.2) is 22.7 Å². The lowest BCUT2D eigenvalue weighted by atomic mass is 10.2. The van der Waals surface area contributed by atoms with Gasteiger partial charge in [0.25, 0.3) is 0 Å². The van der Waals surface area contributed by atoms with E-state index in [0.29, 0.717) is 10.5 Å². The summed E-state index contributed by atoms with van der Waals surface area (Å²) in [5, 5.41) is 3.35. The maximum Gasteiger partial charge on any atom is 0.137 e. The number of benzene rings is 1. The Morgan fingerprint density at radius 1 is 1.50 bits per heavy atom. The van der Waals surface area contributed by atoms with Crippen molar-refractivity contribution in [3.63, 3.8) is 0 Å².